The lowest BCUT2D eigenvalue weighted by Crippen LogP contribution is -2.46. The van der Waals surface area contributed by atoms with Crippen LogP contribution in [0.4, 0.5) is 0 Å². The van der Waals surface area contributed by atoms with Gasteiger partial charge in [0.05, 0.1) is 5.56 Å². The minimum atomic E-state index is -3.47. The van der Waals surface area contributed by atoms with E-state index in [2.05, 4.69) is 23.1 Å². The molecule has 2 aliphatic rings. The first-order valence-electron chi connectivity index (χ1n) is 10.9. The van der Waals surface area contributed by atoms with Crippen molar-refractivity contribution in [2.75, 3.05) is 13.1 Å². The summed E-state index contributed by atoms with van der Waals surface area (Å²) in [5.41, 5.74) is 3.04. The molecular weight excluding hydrogens is 418 g/mol. The fourth-order valence-corrected chi connectivity index (χ4v) is 7.27. The molecule has 2 aromatic rings. The molecule has 4 rings (SSSR count). The van der Waals surface area contributed by atoms with Crippen LogP contribution in [0.3, 0.4) is 0 Å². The molecule has 3 heterocycles. The largest absolute Gasteiger partial charge is 0.345 e. The lowest BCUT2D eigenvalue weighted by atomic mass is 9.95. The van der Waals surface area contributed by atoms with Crippen molar-refractivity contribution >= 4 is 27.3 Å². The van der Waals surface area contributed by atoms with Gasteiger partial charge in [0, 0.05) is 36.6 Å². The lowest BCUT2D eigenvalue weighted by molar-refractivity contribution is 0.0710. The van der Waals surface area contributed by atoms with Crippen LogP contribution in [0, 0.1) is 13.8 Å². The van der Waals surface area contributed by atoms with Gasteiger partial charge in [-0.1, -0.05) is 25.3 Å². The van der Waals surface area contributed by atoms with Crippen molar-refractivity contribution < 1.29 is 13.2 Å². The number of aromatic nitrogens is 1. The molecule has 30 heavy (non-hydrogen) atoms. The van der Waals surface area contributed by atoms with Crippen molar-refractivity contribution in [3.8, 4) is 0 Å². The maximum absolute atomic E-state index is 13.2. The van der Waals surface area contributed by atoms with Crippen molar-refractivity contribution in [3.05, 3.63) is 40.5 Å². The monoisotopic (exact) mass is 449 g/mol. The second-order valence-electron chi connectivity index (χ2n) is 8.57. The zero-order chi connectivity index (χ0) is 21.3. The van der Waals surface area contributed by atoms with Crippen molar-refractivity contribution in [2.24, 2.45) is 0 Å². The highest BCUT2D eigenvalue weighted by atomic mass is 32.2. The Morgan fingerprint density at radius 2 is 1.80 bits per heavy atom. The van der Waals surface area contributed by atoms with E-state index < -0.39 is 10.0 Å². The van der Waals surface area contributed by atoms with E-state index in [0.717, 1.165) is 11.3 Å². The summed E-state index contributed by atoms with van der Waals surface area (Å²) in [4.78, 5) is 15.1. The van der Waals surface area contributed by atoms with Crippen molar-refractivity contribution in [2.45, 2.75) is 75.1 Å². The van der Waals surface area contributed by atoms with Gasteiger partial charge in [-0.15, -0.1) is 11.3 Å². The quantitative estimate of drug-likeness (QED) is 0.742. The molecule has 8 heteroatoms. The molecule has 0 radical (unpaired) electrons. The normalized spacial score (nSPS) is 19.3. The molecule has 0 bridgehead atoms. The first-order chi connectivity index (χ1) is 14.4. The third-order valence-electron chi connectivity index (χ3n) is 6.52. The van der Waals surface area contributed by atoms with E-state index in [1.165, 1.54) is 49.1 Å². The van der Waals surface area contributed by atoms with Crippen LogP contribution in [-0.2, 0) is 10.0 Å². The predicted molar refractivity (Wildman–Crippen MR) is 120 cm³/mol. The number of aryl methyl sites for hydroxylation is 1. The minimum absolute atomic E-state index is 0.0738. The topological polar surface area (TPSA) is 71.4 Å². The molecule has 0 atom stereocenters. The molecule has 0 spiro atoms. The van der Waals surface area contributed by atoms with E-state index in [0.29, 0.717) is 36.2 Å². The van der Waals surface area contributed by atoms with Gasteiger partial charge in [0.15, 0.2) is 0 Å². The minimum Gasteiger partial charge on any atom is -0.345 e. The van der Waals surface area contributed by atoms with Gasteiger partial charge in [0.25, 0.3) is 5.91 Å². The zero-order valence-electron chi connectivity index (χ0n) is 17.8. The molecule has 164 valence electrons. The standard InChI is InChI=1S/C22H31N3O3S2/c1-16-15-20(17(2)25(16)19-7-4-3-5-8-19)22(26)24-12-10-18(11-13-24)23-30(27,28)21-9-6-14-29-21/h6,9,14-15,18-19,23H,3-5,7-8,10-13H2,1-2H3. The SMILES string of the molecule is Cc1cc(C(=O)N2CCC(NS(=O)(=O)c3cccs3)CC2)c(C)n1C1CCCCC1. The van der Waals surface area contributed by atoms with Crippen LogP contribution in [0.25, 0.3) is 0 Å². The number of carbonyl (C=O) groups excluding carboxylic acids is 1. The number of piperidine rings is 1. The number of sulfonamides is 1. The van der Waals surface area contributed by atoms with Gasteiger partial charge in [0.2, 0.25) is 10.0 Å². The van der Waals surface area contributed by atoms with Crippen molar-refractivity contribution in [1.29, 1.82) is 0 Å². The highest BCUT2D eigenvalue weighted by molar-refractivity contribution is 7.91. The summed E-state index contributed by atoms with van der Waals surface area (Å²) in [6.45, 7) is 5.31. The van der Waals surface area contributed by atoms with Crippen LogP contribution in [-0.4, -0.2) is 42.9 Å². The van der Waals surface area contributed by atoms with Crippen LogP contribution in [0.1, 0.15) is 72.7 Å². The summed E-state index contributed by atoms with van der Waals surface area (Å²) in [5, 5.41) is 1.76. The molecule has 1 N–H and O–H groups in total. The van der Waals surface area contributed by atoms with E-state index in [-0.39, 0.29) is 11.9 Å². The fraction of sp³-hybridized carbons (Fsp3) is 0.591. The Labute approximate surface area is 183 Å². The molecule has 0 unspecified atom stereocenters. The Morgan fingerprint density at radius 3 is 2.43 bits per heavy atom. The molecule has 1 aliphatic carbocycles. The summed E-state index contributed by atoms with van der Waals surface area (Å²) in [6.07, 6.45) is 7.50. The molecule has 1 saturated heterocycles. The van der Waals surface area contributed by atoms with E-state index in [1.807, 2.05) is 11.0 Å². The van der Waals surface area contributed by atoms with Gasteiger partial charge < -0.3 is 9.47 Å². The Bertz CT molecular complexity index is 981. The molecule has 1 amide bonds. The molecule has 2 fully saturated rings. The van der Waals surface area contributed by atoms with Gasteiger partial charge in [-0.25, -0.2) is 13.1 Å². The molecule has 1 saturated carbocycles. The van der Waals surface area contributed by atoms with Gasteiger partial charge in [0.1, 0.15) is 4.21 Å². The van der Waals surface area contributed by atoms with Crippen LogP contribution in [0.2, 0.25) is 0 Å². The Balaban J connectivity index is 1.40. The van der Waals surface area contributed by atoms with E-state index >= 15 is 0 Å². The Morgan fingerprint density at radius 1 is 1.10 bits per heavy atom. The fourth-order valence-electron chi connectivity index (χ4n) is 4.96. The summed E-state index contributed by atoms with van der Waals surface area (Å²) < 4.78 is 30.4. The number of amides is 1. The van der Waals surface area contributed by atoms with Crippen molar-refractivity contribution in [3.63, 3.8) is 0 Å². The predicted octanol–water partition coefficient (Wildman–Crippen LogP) is 4.25. The molecular formula is C22H31N3O3S2. The number of hydrogen-bond donors (Lipinski definition) is 1. The summed E-state index contributed by atoms with van der Waals surface area (Å²) in [5.74, 6) is 0.0738. The highest BCUT2D eigenvalue weighted by Gasteiger charge is 2.30. The second-order valence-corrected chi connectivity index (χ2v) is 11.5. The van der Waals surface area contributed by atoms with E-state index in [4.69, 9.17) is 0 Å². The Kier molecular flexibility index (Phi) is 6.36. The third kappa shape index (κ3) is 4.36. The number of likely N-dealkylation sites (tertiary alicyclic amines) is 1. The molecule has 6 nitrogen and oxygen atoms in total. The molecule has 1 aliphatic heterocycles. The molecule has 2 aromatic heterocycles. The maximum Gasteiger partial charge on any atom is 0.255 e. The van der Waals surface area contributed by atoms with Gasteiger partial charge in [-0.3, -0.25) is 4.79 Å². The third-order valence-corrected chi connectivity index (χ3v) is 9.44. The van der Waals surface area contributed by atoms with E-state index in [9.17, 15) is 13.2 Å². The number of hydrogen-bond acceptors (Lipinski definition) is 4. The van der Waals surface area contributed by atoms with Crippen molar-refractivity contribution in [1.82, 2.24) is 14.2 Å². The molecule has 0 aromatic carbocycles. The lowest BCUT2D eigenvalue weighted by Gasteiger charge is -2.32. The first kappa shape index (κ1) is 21.6. The first-order valence-corrected chi connectivity index (χ1v) is 13.3. The van der Waals surface area contributed by atoms with Gasteiger partial charge in [-0.05, 0) is 57.0 Å². The number of nitrogens with one attached hydrogen (secondary N) is 1. The second kappa shape index (κ2) is 8.85. The number of nitrogens with zero attached hydrogens (tertiary/aromatic N) is 2. The smallest absolute Gasteiger partial charge is 0.255 e. The average molecular weight is 450 g/mol. The van der Waals surface area contributed by atoms with Crippen LogP contribution in [0.15, 0.2) is 27.8 Å². The Hall–Kier alpha value is -1.64. The number of thiophene rings is 1. The maximum atomic E-state index is 13.2. The summed E-state index contributed by atoms with van der Waals surface area (Å²) >= 11 is 1.22. The number of rotatable bonds is 5. The van der Waals surface area contributed by atoms with Crippen LogP contribution < -0.4 is 4.72 Å². The van der Waals surface area contributed by atoms with Gasteiger partial charge in [-0.2, -0.15) is 0 Å². The number of carbonyl (C=O) groups is 1. The van der Waals surface area contributed by atoms with Crippen LogP contribution >= 0.6 is 11.3 Å². The van der Waals surface area contributed by atoms with E-state index in [1.54, 1.807) is 17.5 Å². The summed E-state index contributed by atoms with van der Waals surface area (Å²) in [6, 6.07) is 5.78. The highest BCUT2D eigenvalue weighted by Crippen LogP contribution is 2.32. The summed E-state index contributed by atoms with van der Waals surface area (Å²) in [7, 11) is -3.47. The van der Waals surface area contributed by atoms with Crippen LogP contribution in [0.5, 0.6) is 0 Å². The zero-order valence-corrected chi connectivity index (χ0v) is 19.4. The average Bonchev–Trinajstić information content (AvgIpc) is 3.37. The van der Waals surface area contributed by atoms with Gasteiger partial charge >= 0.3 is 0 Å².